The first-order valence-electron chi connectivity index (χ1n) is 6.03. The molecule has 0 aromatic heterocycles. The van der Waals surface area contributed by atoms with Crippen molar-refractivity contribution in [1.82, 2.24) is 0 Å². The Morgan fingerprint density at radius 3 is 2.39 bits per heavy atom. The van der Waals surface area contributed by atoms with Gasteiger partial charge in [0.2, 0.25) is 0 Å². The molecule has 0 radical (unpaired) electrons. The number of hydrogen-bond acceptors (Lipinski definition) is 2. The first kappa shape index (κ1) is 15.9. The topological polar surface area (TPSA) is 46.2 Å². The predicted molar refractivity (Wildman–Crippen MR) is 78.9 cm³/mol. The molecule has 0 aliphatic heterocycles. The maximum Gasteiger partial charge on any atom is 0.139 e. The Morgan fingerprint density at radius 2 is 1.78 bits per heavy atom. The van der Waals surface area contributed by atoms with E-state index in [2.05, 4.69) is 0 Å². The van der Waals surface area contributed by atoms with Gasteiger partial charge in [0.15, 0.2) is 0 Å². The molecular formula is C13H18Cl3NO. The molecule has 0 saturated heterocycles. The predicted octanol–water partition coefficient (Wildman–Crippen LogP) is 4.70. The summed E-state index contributed by atoms with van der Waals surface area (Å²) < 4.78 is 0. The van der Waals surface area contributed by atoms with Gasteiger partial charge in [-0.15, -0.1) is 12.4 Å². The summed E-state index contributed by atoms with van der Waals surface area (Å²) in [5.41, 5.74) is 6.91. The fraction of sp³-hybridized carbons (Fsp3) is 0.538. The van der Waals surface area contributed by atoms with Crippen LogP contribution in [0.2, 0.25) is 10.0 Å². The van der Waals surface area contributed by atoms with E-state index < -0.39 is 0 Å². The van der Waals surface area contributed by atoms with Crippen LogP contribution in [-0.2, 0) is 0 Å². The van der Waals surface area contributed by atoms with E-state index >= 15 is 0 Å². The summed E-state index contributed by atoms with van der Waals surface area (Å²) in [6.07, 6.45) is 5.95. The second-order valence-electron chi connectivity index (χ2n) is 4.75. The van der Waals surface area contributed by atoms with Crippen LogP contribution in [0.1, 0.15) is 43.7 Å². The Morgan fingerprint density at radius 1 is 1.17 bits per heavy atom. The zero-order valence-electron chi connectivity index (χ0n) is 10.0. The first-order chi connectivity index (χ1) is 8.09. The monoisotopic (exact) mass is 309 g/mol. The summed E-state index contributed by atoms with van der Waals surface area (Å²) in [5.74, 6) is 0.498. The summed E-state index contributed by atoms with van der Waals surface area (Å²) in [6.45, 7) is 0. The fourth-order valence-corrected chi connectivity index (χ4v) is 3.10. The van der Waals surface area contributed by atoms with Crippen LogP contribution in [0.25, 0.3) is 0 Å². The minimum absolute atomic E-state index is 0. The lowest BCUT2D eigenvalue weighted by Crippen LogP contribution is -2.23. The van der Waals surface area contributed by atoms with Gasteiger partial charge in [-0.2, -0.15) is 0 Å². The maximum absolute atomic E-state index is 9.95. The van der Waals surface area contributed by atoms with E-state index in [-0.39, 0.29) is 29.2 Å². The van der Waals surface area contributed by atoms with Crippen molar-refractivity contribution in [3.8, 4) is 5.75 Å². The normalized spacial score (nSPS) is 18.2. The number of benzene rings is 1. The number of aromatic hydroxyl groups is 1. The van der Waals surface area contributed by atoms with Crippen LogP contribution in [0.5, 0.6) is 5.75 Å². The van der Waals surface area contributed by atoms with Gasteiger partial charge >= 0.3 is 0 Å². The van der Waals surface area contributed by atoms with Gasteiger partial charge in [-0.1, -0.05) is 42.5 Å². The van der Waals surface area contributed by atoms with Gasteiger partial charge in [-0.25, -0.2) is 0 Å². The molecule has 0 spiro atoms. The minimum Gasteiger partial charge on any atom is -0.506 e. The molecule has 0 bridgehead atoms. The molecule has 1 saturated carbocycles. The quantitative estimate of drug-likeness (QED) is 0.831. The Hall–Kier alpha value is -0.150. The molecule has 1 fully saturated rings. The maximum atomic E-state index is 9.95. The molecule has 102 valence electrons. The van der Waals surface area contributed by atoms with Crippen LogP contribution in [0.4, 0.5) is 0 Å². The van der Waals surface area contributed by atoms with Gasteiger partial charge in [0.1, 0.15) is 5.75 Å². The Balaban J connectivity index is 0.00000162. The summed E-state index contributed by atoms with van der Waals surface area (Å²) in [5, 5.41) is 10.8. The minimum atomic E-state index is -0.175. The van der Waals surface area contributed by atoms with Crippen molar-refractivity contribution in [2.24, 2.45) is 11.7 Å². The lowest BCUT2D eigenvalue weighted by molar-refractivity contribution is 0.303. The number of rotatable bonds is 2. The molecule has 2 nitrogen and oxygen atoms in total. The molecule has 0 amide bonds. The highest BCUT2D eigenvalue weighted by Crippen LogP contribution is 2.40. The molecule has 2 rings (SSSR count). The molecule has 3 N–H and O–H groups in total. The van der Waals surface area contributed by atoms with E-state index in [1.54, 1.807) is 6.07 Å². The fourth-order valence-electron chi connectivity index (χ4n) is 2.59. The highest BCUT2D eigenvalue weighted by Gasteiger charge is 2.25. The SMILES string of the molecule is Cl.N[C@@H](c1cc(Cl)cc(Cl)c1O)C1CCCCC1. The smallest absolute Gasteiger partial charge is 0.139 e. The zero-order chi connectivity index (χ0) is 12.4. The van der Waals surface area contributed by atoms with Crippen molar-refractivity contribution in [3.63, 3.8) is 0 Å². The van der Waals surface area contributed by atoms with Crippen LogP contribution in [0.15, 0.2) is 12.1 Å². The molecule has 1 aliphatic carbocycles. The molecule has 1 aliphatic rings. The summed E-state index contributed by atoms with van der Waals surface area (Å²) in [4.78, 5) is 0. The van der Waals surface area contributed by atoms with Gasteiger partial charge in [0.05, 0.1) is 5.02 Å². The molecule has 1 aromatic carbocycles. The molecule has 1 atom stereocenters. The highest BCUT2D eigenvalue weighted by molar-refractivity contribution is 6.35. The van der Waals surface area contributed by atoms with E-state index in [9.17, 15) is 5.11 Å². The highest BCUT2D eigenvalue weighted by atomic mass is 35.5. The zero-order valence-corrected chi connectivity index (χ0v) is 12.4. The largest absolute Gasteiger partial charge is 0.506 e. The number of halogens is 3. The number of nitrogens with two attached hydrogens (primary N) is 1. The number of phenolic OH excluding ortho intramolecular Hbond substituents is 1. The Bertz CT molecular complexity index is 405. The lowest BCUT2D eigenvalue weighted by atomic mass is 9.81. The number of phenols is 1. The van der Waals surface area contributed by atoms with Gasteiger partial charge in [-0.05, 0) is 30.9 Å². The molecule has 0 heterocycles. The van der Waals surface area contributed by atoms with E-state index in [0.717, 1.165) is 12.8 Å². The summed E-state index contributed by atoms with van der Waals surface area (Å²) in [7, 11) is 0. The molecule has 0 unspecified atom stereocenters. The van der Waals surface area contributed by atoms with Crippen molar-refractivity contribution < 1.29 is 5.11 Å². The third-order valence-electron chi connectivity index (χ3n) is 3.57. The molecule has 18 heavy (non-hydrogen) atoms. The van der Waals surface area contributed by atoms with Gasteiger partial charge < -0.3 is 10.8 Å². The van der Waals surface area contributed by atoms with Gasteiger partial charge in [0.25, 0.3) is 0 Å². The van der Waals surface area contributed by atoms with Crippen molar-refractivity contribution in [2.75, 3.05) is 0 Å². The van der Waals surface area contributed by atoms with Crippen molar-refractivity contribution >= 4 is 35.6 Å². The van der Waals surface area contributed by atoms with Crippen molar-refractivity contribution in [1.29, 1.82) is 0 Å². The van der Waals surface area contributed by atoms with Gasteiger partial charge in [-0.3, -0.25) is 0 Å². The van der Waals surface area contributed by atoms with E-state index in [1.165, 1.54) is 25.3 Å². The second-order valence-corrected chi connectivity index (χ2v) is 5.59. The van der Waals surface area contributed by atoms with Crippen LogP contribution in [0.3, 0.4) is 0 Å². The summed E-state index contributed by atoms with van der Waals surface area (Å²) in [6, 6.07) is 3.09. The van der Waals surface area contributed by atoms with Gasteiger partial charge in [0, 0.05) is 16.6 Å². The lowest BCUT2D eigenvalue weighted by Gasteiger charge is -2.28. The Kier molecular flexibility index (Phi) is 6.06. The summed E-state index contributed by atoms with van der Waals surface area (Å²) >= 11 is 11.9. The standard InChI is InChI=1S/C13H17Cl2NO.ClH/c14-9-6-10(13(17)11(15)7-9)12(16)8-4-2-1-3-5-8;/h6-8,12,17H,1-5,16H2;1H/t12-;/m1./s1. The van der Waals surface area contributed by atoms with E-state index in [0.29, 0.717) is 16.5 Å². The average Bonchev–Trinajstić information content (AvgIpc) is 2.34. The van der Waals surface area contributed by atoms with Crippen LogP contribution < -0.4 is 5.73 Å². The average molecular weight is 311 g/mol. The molecule has 5 heteroatoms. The van der Waals surface area contributed by atoms with Crippen molar-refractivity contribution in [2.45, 2.75) is 38.1 Å². The molecular weight excluding hydrogens is 293 g/mol. The van der Waals surface area contributed by atoms with Crippen LogP contribution >= 0.6 is 35.6 Å². The number of hydrogen-bond donors (Lipinski definition) is 2. The van der Waals surface area contributed by atoms with E-state index in [4.69, 9.17) is 28.9 Å². The van der Waals surface area contributed by atoms with E-state index in [1.807, 2.05) is 0 Å². The third kappa shape index (κ3) is 3.45. The van der Waals surface area contributed by atoms with Crippen molar-refractivity contribution in [3.05, 3.63) is 27.7 Å². The van der Waals surface area contributed by atoms with Crippen LogP contribution in [0, 0.1) is 5.92 Å². The second kappa shape index (κ2) is 6.85. The third-order valence-corrected chi connectivity index (χ3v) is 4.08. The van der Waals surface area contributed by atoms with Crippen LogP contribution in [-0.4, -0.2) is 5.11 Å². The molecule has 1 aromatic rings. The Labute approximate surface area is 124 Å². The first-order valence-corrected chi connectivity index (χ1v) is 6.78.